The van der Waals surface area contributed by atoms with Crippen molar-refractivity contribution in [2.75, 3.05) is 12.4 Å². The molecule has 0 aromatic rings. The van der Waals surface area contributed by atoms with Gasteiger partial charge in [0, 0.05) is 29.6 Å². The van der Waals surface area contributed by atoms with Crippen molar-refractivity contribution in [2.45, 2.75) is 82.0 Å². The van der Waals surface area contributed by atoms with E-state index in [0.29, 0.717) is 17.2 Å². The first-order chi connectivity index (χ1) is 10.8. The van der Waals surface area contributed by atoms with Crippen LogP contribution in [0.1, 0.15) is 47.0 Å². The summed E-state index contributed by atoms with van der Waals surface area (Å²) in [5, 5.41) is 7.56. The zero-order valence-corrected chi connectivity index (χ0v) is 15.4. The average Bonchev–Trinajstić information content (AvgIpc) is 2.86. The van der Waals surface area contributed by atoms with Gasteiger partial charge in [-0.25, -0.2) is 4.79 Å². The fourth-order valence-corrected chi connectivity index (χ4v) is 5.11. The minimum Gasteiger partial charge on any atom is -0.444 e. The van der Waals surface area contributed by atoms with Crippen LogP contribution < -0.4 is 10.6 Å². The molecule has 6 atom stereocenters. The maximum absolute atomic E-state index is 12.2. The molecule has 0 spiro atoms. The van der Waals surface area contributed by atoms with Crippen LogP contribution in [0.3, 0.4) is 0 Å². The number of carbonyl (C=O) groups is 1. The fourth-order valence-electron chi connectivity index (χ4n) is 3.95. The number of hydrogen-bond acceptors (Lipinski definition) is 5. The summed E-state index contributed by atoms with van der Waals surface area (Å²) in [6.45, 7) is 8.81. The molecule has 2 heterocycles. The summed E-state index contributed by atoms with van der Waals surface area (Å²) in [5.41, 5.74) is -0.462. The summed E-state index contributed by atoms with van der Waals surface area (Å²) in [6.07, 6.45) is 3.32. The van der Waals surface area contributed by atoms with Gasteiger partial charge in [0.2, 0.25) is 0 Å². The highest BCUT2D eigenvalue weighted by Crippen LogP contribution is 2.39. The van der Waals surface area contributed by atoms with Crippen molar-refractivity contribution in [3.8, 4) is 0 Å². The highest BCUT2D eigenvalue weighted by molar-refractivity contribution is 8.00. The van der Waals surface area contributed by atoms with Crippen LogP contribution in [0, 0.1) is 5.92 Å². The third kappa shape index (κ3) is 4.15. The molecule has 0 radical (unpaired) electrons. The number of ether oxygens (including phenoxy) is 2. The van der Waals surface area contributed by atoms with E-state index in [1.165, 1.54) is 6.42 Å². The predicted octanol–water partition coefficient (Wildman–Crippen LogP) is 2.54. The second kappa shape index (κ2) is 6.81. The minimum atomic E-state index is -0.462. The maximum Gasteiger partial charge on any atom is 0.407 e. The van der Waals surface area contributed by atoms with Gasteiger partial charge in [0.15, 0.2) is 0 Å². The molecule has 6 unspecified atom stereocenters. The van der Waals surface area contributed by atoms with Crippen LogP contribution in [0.5, 0.6) is 0 Å². The van der Waals surface area contributed by atoms with E-state index in [0.717, 1.165) is 25.2 Å². The monoisotopic (exact) mass is 342 g/mol. The largest absolute Gasteiger partial charge is 0.444 e. The standard InChI is InChI=1S/C17H30N2O3S/c1-10-8-11(9-23-10)18-14-13(12-6-5-7-21-15(12)14)19-16(20)22-17(2,3)4/h10-15,18H,5-9H2,1-4H3,(H,19,20). The molecule has 2 N–H and O–H groups in total. The summed E-state index contributed by atoms with van der Waals surface area (Å²) in [6, 6.07) is 0.856. The lowest BCUT2D eigenvalue weighted by Crippen LogP contribution is -2.74. The smallest absolute Gasteiger partial charge is 0.407 e. The Labute approximate surface area is 143 Å². The zero-order chi connectivity index (χ0) is 16.6. The number of amides is 1. The molecular weight excluding hydrogens is 312 g/mol. The van der Waals surface area contributed by atoms with Gasteiger partial charge in [0.05, 0.1) is 18.2 Å². The topological polar surface area (TPSA) is 59.6 Å². The Hall–Kier alpha value is -0.460. The van der Waals surface area contributed by atoms with Crippen LogP contribution in [0.15, 0.2) is 0 Å². The molecule has 2 aliphatic heterocycles. The van der Waals surface area contributed by atoms with Crippen molar-refractivity contribution >= 4 is 17.9 Å². The summed E-state index contributed by atoms with van der Waals surface area (Å²) in [7, 11) is 0. The molecule has 3 rings (SSSR count). The predicted molar refractivity (Wildman–Crippen MR) is 92.9 cm³/mol. The lowest BCUT2D eigenvalue weighted by atomic mass is 9.68. The molecule has 5 nitrogen and oxygen atoms in total. The van der Waals surface area contributed by atoms with Crippen molar-refractivity contribution < 1.29 is 14.3 Å². The molecule has 0 bridgehead atoms. The Morgan fingerprint density at radius 2 is 2.09 bits per heavy atom. The van der Waals surface area contributed by atoms with Crippen molar-refractivity contribution in [2.24, 2.45) is 5.92 Å². The number of nitrogens with one attached hydrogen (secondary N) is 2. The van der Waals surface area contributed by atoms with Crippen LogP contribution in [0.2, 0.25) is 0 Å². The molecular formula is C17H30N2O3S. The second-order valence-electron chi connectivity index (χ2n) is 8.08. The van der Waals surface area contributed by atoms with Crippen molar-refractivity contribution in [3.63, 3.8) is 0 Å². The molecule has 23 heavy (non-hydrogen) atoms. The lowest BCUT2D eigenvalue weighted by molar-refractivity contribution is -0.129. The summed E-state index contributed by atoms with van der Waals surface area (Å²) in [4.78, 5) is 12.2. The number of carbonyl (C=O) groups excluding carboxylic acids is 1. The second-order valence-corrected chi connectivity index (χ2v) is 9.55. The normalized spacial score (nSPS) is 40.2. The molecule has 0 aromatic heterocycles. The zero-order valence-electron chi connectivity index (χ0n) is 14.6. The van der Waals surface area contributed by atoms with E-state index >= 15 is 0 Å². The Morgan fingerprint density at radius 3 is 2.74 bits per heavy atom. The molecule has 1 saturated carbocycles. The van der Waals surface area contributed by atoms with Gasteiger partial charge in [0.25, 0.3) is 0 Å². The fraction of sp³-hybridized carbons (Fsp3) is 0.941. The van der Waals surface area contributed by atoms with Gasteiger partial charge in [0.1, 0.15) is 5.60 Å². The van der Waals surface area contributed by atoms with Gasteiger partial charge < -0.3 is 20.1 Å². The van der Waals surface area contributed by atoms with Crippen LogP contribution in [-0.2, 0) is 9.47 Å². The quantitative estimate of drug-likeness (QED) is 0.825. The Balaban J connectivity index is 1.59. The number of alkyl carbamates (subject to hydrolysis) is 1. The summed E-state index contributed by atoms with van der Waals surface area (Å²) < 4.78 is 11.4. The van der Waals surface area contributed by atoms with Crippen molar-refractivity contribution in [1.82, 2.24) is 10.6 Å². The van der Waals surface area contributed by atoms with Crippen LogP contribution in [0.4, 0.5) is 4.79 Å². The SMILES string of the molecule is CC1CC(NC2C(NC(=O)OC(C)(C)C)C3CCCOC32)CS1. The van der Waals surface area contributed by atoms with Gasteiger partial charge in [-0.2, -0.15) is 11.8 Å². The van der Waals surface area contributed by atoms with Crippen LogP contribution in [0.25, 0.3) is 0 Å². The number of fused-ring (bicyclic) bond motifs is 1. The number of hydrogen-bond donors (Lipinski definition) is 2. The lowest BCUT2D eigenvalue weighted by Gasteiger charge is -2.54. The van der Waals surface area contributed by atoms with Crippen molar-refractivity contribution in [1.29, 1.82) is 0 Å². The van der Waals surface area contributed by atoms with E-state index in [9.17, 15) is 4.79 Å². The van der Waals surface area contributed by atoms with Crippen molar-refractivity contribution in [3.05, 3.63) is 0 Å². The third-order valence-electron chi connectivity index (χ3n) is 4.93. The first-order valence-corrected chi connectivity index (χ1v) is 9.87. The molecule has 1 amide bonds. The first-order valence-electron chi connectivity index (χ1n) is 8.82. The highest BCUT2D eigenvalue weighted by Gasteiger charge is 2.53. The molecule has 132 valence electrons. The molecule has 3 aliphatic rings. The maximum atomic E-state index is 12.2. The first kappa shape index (κ1) is 17.4. The van der Waals surface area contributed by atoms with E-state index in [1.54, 1.807) is 0 Å². The molecule has 0 aromatic carbocycles. The summed E-state index contributed by atoms with van der Waals surface area (Å²) >= 11 is 2.02. The Bertz CT molecular complexity index is 440. The van der Waals surface area contributed by atoms with Crippen LogP contribution >= 0.6 is 11.8 Å². The van der Waals surface area contributed by atoms with E-state index in [4.69, 9.17) is 9.47 Å². The van der Waals surface area contributed by atoms with E-state index < -0.39 is 5.60 Å². The molecule has 1 aliphatic carbocycles. The van der Waals surface area contributed by atoms with Crippen LogP contribution in [-0.4, -0.2) is 53.5 Å². The van der Waals surface area contributed by atoms with Gasteiger partial charge in [-0.15, -0.1) is 0 Å². The van der Waals surface area contributed by atoms with E-state index in [-0.39, 0.29) is 24.3 Å². The highest BCUT2D eigenvalue weighted by atomic mass is 32.2. The minimum absolute atomic E-state index is 0.121. The van der Waals surface area contributed by atoms with Gasteiger partial charge in [-0.3, -0.25) is 0 Å². The van der Waals surface area contributed by atoms with Gasteiger partial charge >= 0.3 is 6.09 Å². The number of rotatable bonds is 3. The third-order valence-corrected chi connectivity index (χ3v) is 6.28. The number of thioether (sulfide) groups is 1. The molecule has 2 saturated heterocycles. The van der Waals surface area contributed by atoms with Gasteiger partial charge in [-0.1, -0.05) is 6.92 Å². The molecule has 3 fully saturated rings. The Morgan fingerprint density at radius 1 is 1.30 bits per heavy atom. The van der Waals surface area contributed by atoms with E-state index in [2.05, 4.69) is 17.6 Å². The van der Waals surface area contributed by atoms with E-state index in [1.807, 2.05) is 32.5 Å². The average molecular weight is 343 g/mol. The Kier molecular flexibility index (Phi) is 5.14. The molecule has 6 heteroatoms. The van der Waals surface area contributed by atoms with Gasteiger partial charge in [-0.05, 0) is 40.0 Å². The summed E-state index contributed by atoms with van der Waals surface area (Å²) in [5.74, 6) is 1.56.